The number of hydrogen-bond donors (Lipinski definition) is 1. The van der Waals surface area contributed by atoms with Gasteiger partial charge in [0.15, 0.2) is 0 Å². The zero-order valence-corrected chi connectivity index (χ0v) is 10.8. The summed E-state index contributed by atoms with van der Waals surface area (Å²) in [4.78, 5) is 5.81. The van der Waals surface area contributed by atoms with E-state index in [0.29, 0.717) is 19.8 Å². The van der Waals surface area contributed by atoms with Crippen molar-refractivity contribution in [2.45, 2.75) is 25.6 Å². The van der Waals surface area contributed by atoms with Crippen molar-refractivity contribution in [1.29, 1.82) is 0 Å². The van der Waals surface area contributed by atoms with Gasteiger partial charge in [0.1, 0.15) is 11.6 Å². The predicted molar refractivity (Wildman–Crippen MR) is 65.9 cm³/mol. The van der Waals surface area contributed by atoms with Gasteiger partial charge in [-0.1, -0.05) is 0 Å². The number of halogens is 3. The number of alkyl halides is 3. The smallest absolute Gasteiger partial charge is 0.384 e. The molecular weight excluding hydrogens is 259 g/mol. The number of nitrogens with zero attached hydrogens (tertiary/aromatic N) is 2. The molecule has 2 N–H and O–H groups in total. The molecule has 1 aromatic rings. The molecule has 1 aliphatic rings. The fourth-order valence-corrected chi connectivity index (χ4v) is 2.12. The van der Waals surface area contributed by atoms with Gasteiger partial charge in [-0.15, -0.1) is 0 Å². The van der Waals surface area contributed by atoms with Crippen LogP contribution in [0.1, 0.15) is 19.4 Å². The average molecular weight is 275 g/mol. The second-order valence-corrected chi connectivity index (χ2v) is 5.15. The minimum atomic E-state index is -4.43. The van der Waals surface area contributed by atoms with Crippen LogP contribution < -0.4 is 10.6 Å². The molecule has 0 amide bonds. The Bertz CT molecular complexity index is 474. The number of hydrogen-bond acceptors (Lipinski definition) is 4. The minimum absolute atomic E-state index is 0.132. The van der Waals surface area contributed by atoms with Gasteiger partial charge in [-0.2, -0.15) is 13.2 Å². The number of rotatable bonds is 1. The van der Waals surface area contributed by atoms with Crippen LogP contribution in [0.3, 0.4) is 0 Å². The van der Waals surface area contributed by atoms with Crippen LogP contribution in [0.15, 0.2) is 12.1 Å². The summed E-state index contributed by atoms with van der Waals surface area (Å²) in [5.74, 6) is 0.104. The summed E-state index contributed by atoms with van der Waals surface area (Å²) in [5, 5.41) is 0. The molecule has 7 heteroatoms. The lowest BCUT2D eigenvalue weighted by Crippen LogP contribution is -2.53. The van der Waals surface area contributed by atoms with Gasteiger partial charge in [-0.25, -0.2) is 4.98 Å². The summed E-state index contributed by atoms with van der Waals surface area (Å²) in [7, 11) is 0. The molecule has 4 nitrogen and oxygen atoms in total. The fraction of sp³-hybridized carbons (Fsp3) is 0.583. The molecule has 2 rings (SSSR count). The first-order valence-corrected chi connectivity index (χ1v) is 5.90. The number of morpholine rings is 1. The van der Waals surface area contributed by atoms with E-state index in [4.69, 9.17) is 10.5 Å². The Kier molecular flexibility index (Phi) is 3.34. The molecule has 0 radical (unpaired) electrons. The zero-order valence-electron chi connectivity index (χ0n) is 10.8. The molecular formula is C12H16F3N3O. The second-order valence-electron chi connectivity index (χ2n) is 5.15. The third-order valence-corrected chi connectivity index (χ3v) is 3.08. The van der Waals surface area contributed by atoms with Crippen LogP contribution in [-0.4, -0.2) is 30.3 Å². The van der Waals surface area contributed by atoms with E-state index in [1.807, 2.05) is 13.8 Å². The molecule has 0 aliphatic carbocycles. The van der Waals surface area contributed by atoms with Crippen LogP contribution in [0.4, 0.5) is 24.8 Å². The summed E-state index contributed by atoms with van der Waals surface area (Å²) in [6.45, 7) is 5.17. The van der Waals surface area contributed by atoms with E-state index in [9.17, 15) is 13.2 Å². The Morgan fingerprint density at radius 1 is 1.37 bits per heavy atom. The Morgan fingerprint density at radius 2 is 2.05 bits per heavy atom. The molecule has 0 atom stereocenters. The Morgan fingerprint density at radius 3 is 2.63 bits per heavy atom. The van der Waals surface area contributed by atoms with Crippen molar-refractivity contribution in [2.75, 3.05) is 30.4 Å². The first kappa shape index (κ1) is 13.9. The molecule has 0 bridgehead atoms. The molecule has 0 spiro atoms. The number of nitrogen functional groups attached to an aromatic ring is 1. The zero-order chi connectivity index (χ0) is 14.3. The quantitative estimate of drug-likeness (QED) is 0.854. The summed E-state index contributed by atoms with van der Waals surface area (Å²) in [6.07, 6.45) is -4.43. The number of anilines is 2. The van der Waals surface area contributed by atoms with Crippen molar-refractivity contribution in [2.24, 2.45) is 0 Å². The van der Waals surface area contributed by atoms with E-state index in [1.165, 1.54) is 0 Å². The molecule has 1 aliphatic heterocycles. The highest BCUT2D eigenvalue weighted by atomic mass is 19.4. The molecule has 19 heavy (non-hydrogen) atoms. The maximum atomic E-state index is 12.8. The van der Waals surface area contributed by atoms with Gasteiger partial charge in [0.2, 0.25) is 0 Å². The van der Waals surface area contributed by atoms with Crippen molar-refractivity contribution in [3.05, 3.63) is 17.7 Å². The topological polar surface area (TPSA) is 51.4 Å². The maximum Gasteiger partial charge on any atom is 0.416 e. The molecule has 1 aromatic heterocycles. The minimum Gasteiger partial charge on any atom is -0.384 e. The summed E-state index contributed by atoms with van der Waals surface area (Å²) >= 11 is 0. The van der Waals surface area contributed by atoms with E-state index >= 15 is 0 Å². The van der Waals surface area contributed by atoms with Gasteiger partial charge in [-0.05, 0) is 26.0 Å². The standard InChI is InChI=1S/C12H16F3N3O/c1-11(2)7-19-4-3-18(11)10-6-8(12(13,14)15)5-9(16)17-10/h5-6H,3-4,7H2,1-2H3,(H2,16,17). The lowest BCUT2D eigenvalue weighted by molar-refractivity contribution is -0.137. The summed E-state index contributed by atoms with van der Waals surface area (Å²) < 4.78 is 43.7. The highest BCUT2D eigenvalue weighted by molar-refractivity contribution is 5.51. The molecule has 106 valence electrons. The normalized spacial score (nSPS) is 19.5. The molecule has 0 saturated carbocycles. The highest BCUT2D eigenvalue weighted by Crippen LogP contribution is 2.34. The van der Waals surface area contributed by atoms with E-state index < -0.39 is 17.3 Å². The van der Waals surface area contributed by atoms with Crippen molar-refractivity contribution >= 4 is 11.6 Å². The van der Waals surface area contributed by atoms with E-state index in [2.05, 4.69) is 4.98 Å². The van der Waals surface area contributed by atoms with Gasteiger partial charge in [0.05, 0.1) is 24.3 Å². The van der Waals surface area contributed by atoms with Crippen molar-refractivity contribution < 1.29 is 17.9 Å². The summed E-state index contributed by atoms with van der Waals surface area (Å²) in [5.41, 5.74) is 4.29. The van der Waals surface area contributed by atoms with Crippen LogP contribution in [0.2, 0.25) is 0 Å². The van der Waals surface area contributed by atoms with E-state index in [-0.39, 0.29) is 11.6 Å². The van der Waals surface area contributed by atoms with Crippen LogP contribution >= 0.6 is 0 Å². The Hall–Kier alpha value is -1.50. The van der Waals surface area contributed by atoms with Gasteiger partial charge in [0.25, 0.3) is 0 Å². The monoisotopic (exact) mass is 275 g/mol. The lowest BCUT2D eigenvalue weighted by atomic mass is 10.0. The average Bonchev–Trinajstić information content (AvgIpc) is 2.26. The van der Waals surface area contributed by atoms with Crippen LogP contribution in [-0.2, 0) is 10.9 Å². The Labute approximate surface area is 109 Å². The van der Waals surface area contributed by atoms with E-state index in [0.717, 1.165) is 12.1 Å². The molecule has 2 heterocycles. The number of nitrogens with two attached hydrogens (primary N) is 1. The third kappa shape index (κ3) is 2.91. The van der Waals surface area contributed by atoms with Crippen molar-refractivity contribution in [1.82, 2.24) is 4.98 Å². The van der Waals surface area contributed by atoms with E-state index in [1.54, 1.807) is 4.90 Å². The second kappa shape index (κ2) is 4.56. The van der Waals surface area contributed by atoms with Crippen molar-refractivity contribution in [3.63, 3.8) is 0 Å². The largest absolute Gasteiger partial charge is 0.416 e. The first-order chi connectivity index (χ1) is 8.70. The predicted octanol–water partition coefficient (Wildman–Crippen LogP) is 2.30. The number of ether oxygens (including phenoxy) is 1. The van der Waals surface area contributed by atoms with Crippen LogP contribution in [0, 0.1) is 0 Å². The van der Waals surface area contributed by atoms with Gasteiger partial charge in [-0.3, -0.25) is 0 Å². The summed E-state index contributed by atoms with van der Waals surface area (Å²) in [6, 6.07) is 1.88. The highest BCUT2D eigenvalue weighted by Gasteiger charge is 2.35. The van der Waals surface area contributed by atoms with Gasteiger partial charge < -0.3 is 15.4 Å². The molecule has 1 saturated heterocycles. The van der Waals surface area contributed by atoms with Gasteiger partial charge >= 0.3 is 6.18 Å². The van der Waals surface area contributed by atoms with Crippen molar-refractivity contribution in [3.8, 4) is 0 Å². The Balaban J connectivity index is 2.42. The molecule has 0 aromatic carbocycles. The molecule has 0 unspecified atom stereocenters. The molecule has 1 fully saturated rings. The lowest BCUT2D eigenvalue weighted by Gasteiger charge is -2.43. The third-order valence-electron chi connectivity index (χ3n) is 3.08. The van der Waals surface area contributed by atoms with Crippen LogP contribution in [0.25, 0.3) is 0 Å². The number of pyridine rings is 1. The number of aromatic nitrogens is 1. The fourth-order valence-electron chi connectivity index (χ4n) is 2.12. The maximum absolute atomic E-state index is 12.8. The van der Waals surface area contributed by atoms with Crippen LogP contribution in [0.5, 0.6) is 0 Å². The first-order valence-electron chi connectivity index (χ1n) is 5.90. The SMILES string of the molecule is CC1(C)COCCN1c1cc(C(F)(F)F)cc(N)n1. The van der Waals surface area contributed by atoms with Gasteiger partial charge in [0, 0.05) is 6.54 Å².